The van der Waals surface area contributed by atoms with Gasteiger partial charge in [-0.15, -0.1) is 11.3 Å². The van der Waals surface area contributed by atoms with E-state index in [1.54, 1.807) is 13.2 Å². The van der Waals surface area contributed by atoms with E-state index in [4.69, 9.17) is 9.29 Å². The van der Waals surface area contributed by atoms with Crippen LogP contribution < -0.4 is 14.8 Å². The first kappa shape index (κ1) is 24.7. The number of aryl methyl sites for hydroxylation is 2. The molecular weight excluding hydrogens is 462 g/mol. The number of thiazole rings is 1. The van der Waals surface area contributed by atoms with Crippen molar-refractivity contribution in [3.63, 3.8) is 0 Å². The molecule has 175 valence electrons. The molecule has 1 unspecified atom stereocenters. The number of rotatable bonds is 11. The first-order valence-corrected chi connectivity index (χ1v) is 12.7. The van der Waals surface area contributed by atoms with Gasteiger partial charge in [0, 0.05) is 11.8 Å². The quantitative estimate of drug-likeness (QED) is 0.354. The molecule has 0 saturated carbocycles. The third-order valence-corrected chi connectivity index (χ3v) is 6.43. The number of methoxy groups -OCH3 is 1. The van der Waals surface area contributed by atoms with Gasteiger partial charge in [-0.3, -0.25) is 14.1 Å². The number of amides is 1. The van der Waals surface area contributed by atoms with Crippen molar-refractivity contribution in [2.75, 3.05) is 11.8 Å². The zero-order chi connectivity index (χ0) is 23.8. The number of carbonyl (C=O) groups excluding carboxylic acids is 1. The maximum absolute atomic E-state index is 12.8. The van der Waals surface area contributed by atoms with Crippen molar-refractivity contribution >= 4 is 33.2 Å². The number of carbonyl (C=O) groups is 1. The van der Waals surface area contributed by atoms with Crippen molar-refractivity contribution in [2.24, 2.45) is 0 Å². The molecular formula is C23H26N3O5S2. The zero-order valence-electron chi connectivity index (χ0n) is 18.4. The molecule has 3 aromatic rings. The van der Waals surface area contributed by atoms with E-state index in [0.717, 1.165) is 34.0 Å². The summed E-state index contributed by atoms with van der Waals surface area (Å²) in [6, 6.07) is 14.9. The van der Waals surface area contributed by atoms with Crippen molar-refractivity contribution in [3.8, 4) is 5.75 Å². The van der Waals surface area contributed by atoms with Gasteiger partial charge in [0.1, 0.15) is 10.8 Å². The van der Waals surface area contributed by atoms with E-state index in [9.17, 15) is 13.2 Å². The molecule has 1 amide bonds. The second-order valence-electron chi connectivity index (χ2n) is 7.35. The van der Waals surface area contributed by atoms with E-state index >= 15 is 0 Å². The van der Waals surface area contributed by atoms with Gasteiger partial charge in [0.2, 0.25) is 5.91 Å². The Kier molecular flexibility index (Phi) is 8.43. The first-order chi connectivity index (χ1) is 15.8. The molecule has 10 heteroatoms. The molecule has 0 aliphatic rings. The Bertz CT molecular complexity index is 1180. The summed E-state index contributed by atoms with van der Waals surface area (Å²) in [5, 5.41) is 5.85. The van der Waals surface area contributed by atoms with Gasteiger partial charge in [-0.25, -0.2) is 4.98 Å². The van der Waals surface area contributed by atoms with E-state index in [1.807, 2.05) is 41.3 Å². The summed E-state index contributed by atoms with van der Waals surface area (Å²) in [5.41, 5.74) is 2.88. The Hall–Kier alpha value is -2.95. The summed E-state index contributed by atoms with van der Waals surface area (Å²) in [4.78, 5) is 17.4. The van der Waals surface area contributed by atoms with Crippen LogP contribution in [-0.2, 0) is 34.4 Å². The average Bonchev–Trinajstić information content (AvgIpc) is 3.27. The van der Waals surface area contributed by atoms with Gasteiger partial charge in [-0.2, -0.15) is 8.42 Å². The van der Waals surface area contributed by atoms with Crippen LogP contribution in [0.25, 0.3) is 0 Å². The number of benzene rings is 2. The van der Waals surface area contributed by atoms with Gasteiger partial charge in [-0.05, 0) is 54.7 Å². The molecule has 0 saturated heterocycles. The molecule has 2 aromatic carbocycles. The van der Waals surface area contributed by atoms with E-state index in [2.05, 4.69) is 16.4 Å². The fourth-order valence-electron chi connectivity index (χ4n) is 3.29. The number of para-hydroxylation sites is 1. The smallest absolute Gasteiger partial charge is 0.357 e. The molecule has 1 aromatic heterocycles. The second-order valence-corrected chi connectivity index (χ2v) is 9.39. The molecule has 0 spiro atoms. The Morgan fingerprint density at radius 3 is 2.70 bits per heavy atom. The third kappa shape index (κ3) is 7.55. The lowest BCUT2D eigenvalue weighted by Crippen LogP contribution is -2.30. The lowest BCUT2D eigenvalue weighted by molar-refractivity contribution is -0.121. The molecule has 3 N–H and O–H groups in total. The monoisotopic (exact) mass is 488 g/mol. The summed E-state index contributed by atoms with van der Waals surface area (Å²) >= 11 is 1.49. The number of ether oxygens (including phenoxy) is 1. The highest BCUT2D eigenvalue weighted by Gasteiger charge is 2.19. The summed E-state index contributed by atoms with van der Waals surface area (Å²) in [5.74, 6) is 0.645. The van der Waals surface area contributed by atoms with Crippen LogP contribution in [0.1, 0.15) is 41.2 Å². The largest absolute Gasteiger partial charge is 0.496 e. The fourth-order valence-corrected chi connectivity index (χ4v) is 4.66. The van der Waals surface area contributed by atoms with Gasteiger partial charge >= 0.3 is 10.3 Å². The number of hydrogen-bond acceptors (Lipinski definition) is 6. The lowest BCUT2D eigenvalue weighted by atomic mass is 10.0. The minimum atomic E-state index is -4.35. The van der Waals surface area contributed by atoms with Crippen LogP contribution in [0.3, 0.4) is 0 Å². The summed E-state index contributed by atoms with van der Waals surface area (Å²) < 4.78 is 38.2. The molecule has 0 bridgehead atoms. The van der Waals surface area contributed by atoms with Crippen LogP contribution in [0.15, 0.2) is 47.8 Å². The van der Waals surface area contributed by atoms with Crippen molar-refractivity contribution in [3.05, 3.63) is 75.7 Å². The van der Waals surface area contributed by atoms with Crippen molar-refractivity contribution < 1.29 is 22.5 Å². The van der Waals surface area contributed by atoms with E-state index < -0.39 is 10.3 Å². The van der Waals surface area contributed by atoms with Gasteiger partial charge in [-0.1, -0.05) is 31.2 Å². The molecule has 1 atom stereocenters. The maximum atomic E-state index is 12.8. The molecule has 8 nitrogen and oxygen atoms in total. The highest BCUT2D eigenvalue weighted by atomic mass is 32.2. The third-order valence-electron chi connectivity index (χ3n) is 4.93. The van der Waals surface area contributed by atoms with Crippen molar-refractivity contribution in [1.29, 1.82) is 0 Å². The van der Waals surface area contributed by atoms with Crippen LogP contribution in [0, 0.1) is 6.07 Å². The number of nitrogens with zero attached hydrogens (tertiary/aromatic N) is 1. The Labute approximate surface area is 197 Å². The van der Waals surface area contributed by atoms with Crippen LogP contribution >= 0.6 is 11.3 Å². The summed E-state index contributed by atoms with van der Waals surface area (Å²) in [7, 11) is -2.74. The van der Waals surface area contributed by atoms with Crippen LogP contribution in [-0.4, -0.2) is 31.0 Å². The van der Waals surface area contributed by atoms with E-state index in [0.29, 0.717) is 19.3 Å². The van der Waals surface area contributed by atoms with Gasteiger partial charge in [0.15, 0.2) is 0 Å². The maximum Gasteiger partial charge on any atom is 0.357 e. The van der Waals surface area contributed by atoms with Gasteiger partial charge in [0.05, 0.1) is 24.5 Å². The minimum absolute atomic E-state index is 0.108. The zero-order valence-corrected chi connectivity index (χ0v) is 20.0. The first-order valence-electron chi connectivity index (χ1n) is 10.4. The minimum Gasteiger partial charge on any atom is -0.496 e. The summed E-state index contributed by atoms with van der Waals surface area (Å²) in [6.45, 7) is 2.02. The van der Waals surface area contributed by atoms with Crippen LogP contribution in [0.5, 0.6) is 5.75 Å². The van der Waals surface area contributed by atoms with E-state index in [1.165, 1.54) is 23.5 Å². The lowest BCUT2D eigenvalue weighted by Gasteiger charge is -2.17. The van der Waals surface area contributed by atoms with Crippen LogP contribution in [0.4, 0.5) is 5.69 Å². The van der Waals surface area contributed by atoms with E-state index in [-0.39, 0.29) is 17.6 Å². The highest BCUT2D eigenvalue weighted by molar-refractivity contribution is 7.87. The predicted octanol–water partition coefficient (Wildman–Crippen LogP) is 3.76. The standard InChI is InChI=1S/C23H26N3O5S2/c1-3-18-15-32-23(24-18)20(14-16-8-11-19(12-9-16)26-33(28,29)30)25-22(27)13-10-17-6-4-5-7-21(17)31-2/h4-8,11-12,15,20,26H,3,10,13-14H2,1-2H3,(H,25,27)(H,28,29,30). The number of nitrogens with one attached hydrogen (secondary N) is 2. The Morgan fingerprint density at radius 2 is 2.06 bits per heavy atom. The highest BCUT2D eigenvalue weighted by Crippen LogP contribution is 2.24. The van der Waals surface area contributed by atoms with Gasteiger partial charge in [0.25, 0.3) is 0 Å². The molecule has 3 rings (SSSR count). The van der Waals surface area contributed by atoms with Gasteiger partial charge < -0.3 is 10.1 Å². The van der Waals surface area contributed by atoms with Crippen LogP contribution in [0.2, 0.25) is 0 Å². The predicted molar refractivity (Wildman–Crippen MR) is 128 cm³/mol. The molecule has 0 aliphatic heterocycles. The number of hydrogen-bond donors (Lipinski definition) is 3. The average molecular weight is 489 g/mol. The Balaban J connectivity index is 1.71. The molecule has 33 heavy (non-hydrogen) atoms. The van der Waals surface area contributed by atoms with Crippen molar-refractivity contribution in [2.45, 2.75) is 38.6 Å². The molecule has 0 fully saturated rings. The number of aromatic nitrogens is 1. The molecule has 1 radical (unpaired) electrons. The Morgan fingerprint density at radius 1 is 1.27 bits per heavy atom. The number of anilines is 1. The molecule has 1 heterocycles. The normalized spacial score (nSPS) is 12.2. The summed E-state index contributed by atoms with van der Waals surface area (Å²) in [6.07, 6.45) is 2.07. The topological polar surface area (TPSA) is 118 Å². The fraction of sp³-hybridized carbons (Fsp3) is 0.304. The molecule has 0 aliphatic carbocycles. The van der Waals surface area contributed by atoms with Crippen molar-refractivity contribution in [1.82, 2.24) is 10.3 Å². The SMILES string of the molecule is CCc1csc(C(Cc2[c]cc(NS(=O)(=O)O)cc2)NC(=O)CCc2ccccc2OC)n1. The second kappa shape index (κ2) is 11.3.